The van der Waals surface area contributed by atoms with E-state index < -0.39 is 33.4 Å². The van der Waals surface area contributed by atoms with Crippen molar-refractivity contribution in [2.75, 3.05) is 0 Å². The number of hydrogen-bond acceptors (Lipinski definition) is 3. The average molecular weight is 289 g/mol. The van der Waals surface area contributed by atoms with Gasteiger partial charge in [-0.25, -0.2) is 0 Å². The molecular formula is C12H9B5ClNO2. The van der Waals surface area contributed by atoms with E-state index in [1.54, 1.807) is 24.3 Å². The first kappa shape index (κ1) is 15.3. The normalized spacial score (nSPS) is 40.7. The van der Waals surface area contributed by atoms with Crippen LogP contribution in [0.5, 0.6) is 0 Å². The molecule has 2 aliphatic rings. The summed E-state index contributed by atoms with van der Waals surface area (Å²) in [4.78, 5) is 12.8. The Morgan fingerprint density at radius 3 is 2.43 bits per heavy atom. The number of carbonyl (C=O) groups is 1. The van der Waals surface area contributed by atoms with Crippen LogP contribution in [0.2, 0.25) is 10.4 Å². The van der Waals surface area contributed by atoms with Gasteiger partial charge in [-0.15, -0.1) is 0 Å². The molecule has 0 saturated heterocycles. The predicted octanol–water partition coefficient (Wildman–Crippen LogP) is -1.56. The number of hydrogen-bond donors (Lipinski definition) is 2. The number of rotatable bonds is 0. The summed E-state index contributed by atoms with van der Waals surface area (Å²) in [7, 11) is 23.7. The minimum absolute atomic E-state index is 0.210. The molecule has 9 heteroatoms. The minimum atomic E-state index is -2.50. The molecule has 8 radical (unpaired) electrons. The molecule has 1 aromatic rings. The van der Waals surface area contributed by atoms with E-state index in [0.717, 1.165) is 0 Å². The van der Waals surface area contributed by atoms with Crippen molar-refractivity contribution in [1.82, 2.24) is 0 Å². The van der Waals surface area contributed by atoms with Crippen LogP contribution in [0.15, 0.2) is 24.3 Å². The lowest BCUT2D eigenvalue weighted by Gasteiger charge is -2.59. The molecule has 1 saturated carbocycles. The zero-order valence-electron chi connectivity index (χ0n) is 11.2. The summed E-state index contributed by atoms with van der Waals surface area (Å²) in [6.45, 7) is 0. The Labute approximate surface area is 134 Å². The molecule has 0 amide bonds. The third kappa shape index (κ3) is 1.51. The third-order valence-electron chi connectivity index (χ3n) is 4.84. The molecule has 1 fully saturated rings. The number of nitrogens with two attached hydrogens (primary N) is 1. The molecule has 3 rings (SSSR count). The zero-order valence-corrected chi connectivity index (χ0v) is 12.0. The van der Waals surface area contributed by atoms with Gasteiger partial charge in [-0.2, -0.15) is 11.5 Å². The molecular weight excluding hydrogens is 280 g/mol. The summed E-state index contributed by atoms with van der Waals surface area (Å²) in [5.74, 6) is -0.927. The first-order valence-electron chi connectivity index (χ1n) is 6.45. The Bertz CT molecular complexity index is 654. The quantitative estimate of drug-likeness (QED) is 0.568. The van der Waals surface area contributed by atoms with Crippen LogP contribution >= 0.6 is 11.5 Å². The Morgan fingerprint density at radius 1 is 1.24 bits per heavy atom. The fourth-order valence-electron chi connectivity index (χ4n) is 3.50. The van der Waals surface area contributed by atoms with Gasteiger partial charge in [-0.3, -0.25) is 4.79 Å². The fourth-order valence-corrected chi connectivity index (χ4v) is 3.94. The Kier molecular flexibility index (Phi) is 2.94. The molecule has 0 aromatic heterocycles. The highest BCUT2D eigenvalue weighted by Crippen LogP contribution is 2.63. The minimum Gasteiger partial charge on any atom is -0.393 e. The molecule has 1 aliphatic heterocycles. The van der Waals surface area contributed by atoms with E-state index in [2.05, 4.69) is 0 Å². The van der Waals surface area contributed by atoms with Crippen molar-refractivity contribution in [2.24, 2.45) is 5.73 Å². The number of halogens is 1. The fraction of sp³-hybridized carbons (Fsp3) is 0.417. The second kappa shape index (κ2) is 4.04. The Balaban J connectivity index is 2.32. The van der Waals surface area contributed by atoms with Crippen LogP contribution in [0.1, 0.15) is 12.0 Å². The van der Waals surface area contributed by atoms with Crippen molar-refractivity contribution < 1.29 is 9.90 Å². The molecule has 0 bridgehead atoms. The van der Waals surface area contributed by atoms with Gasteiger partial charge >= 0.3 is 0 Å². The van der Waals surface area contributed by atoms with Gasteiger partial charge in [0.15, 0.2) is 5.78 Å². The molecule has 1 aromatic carbocycles. The van der Waals surface area contributed by atoms with Crippen LogP contribution in [-0.2, 0) is 10.3 Å². The van der Waals surface area contributed by atoms with Crippen LogP contribution in [0.25, 0.3) is 0 Å². The zero-order chi connectivity index (χ0) is 15.8. The van der Waals surface area contributed by atoms with E-state index in [4.69, 9.17) is 48.6 Å². The van der Waals surface area contributed by atoms with Gasteiger partial charge in [-0.05, 0) is 10.8 Å². The predicted molar refractivity (Wildman–Crippen MR) is 86.5 cm³/mol. The monoisotopic (exact) mass is 289 g/mol. The van der Waals surface area contributed by atoms with Crippen LogP contribution in [-0.4, -0.2) is 53.9 Å². The van der Waals surface area contributed by atoms with E-state index >= 15 is 0 Å². The van der Waals surface area contributed by atoms with Crippen molar-refractivity contribution in [3.63, 3.8) is 0 Å². The SMILES string of the molecule is [B]C1([B])CC2([B])B(Cl)c3ccccc3C2(N)C(=O)C1([B])O. The molecule has 3 atom stereocenters. The van der Waals surface area contributed by atoms with Crippen molar-refractivity contribution >= 4 is 60.2 Å². The van der Waals surface area contributed by atoms with Gasteiger partial charge in [0.2, 0.25) is 0 Å². The number of ketones is 1. The summed E-state index contributed by atoms with van der Waals surface area (Å²) in [5.41, 5.74) is 3.14. The lowest BCUT2D eigenvalue weighted by molar-refractivity contribution is -0.141. The van der Waals surface area contributed by atoms with Gasteiger partial charge in [0.05, 0.1) is 34.6 Å². The number of carbonyl (C=O) groups excluding carboxylic acids is 1. The van der Waals surface area contributed by atoms with Crippen molar-refractivity contribution in [1.29, 1.82) is 0 Å². The van der Waals surface area contributed by atoms with E-state index in [-0.39, 0.29) is 6.42 Å². The van der Waals surface area contributed by atoms with E-state index in [0.29, 0.717) is 11.0 Å². The second-order valence-electron chi connectivity index (χ2n) is 6.11. The van der Waals surface area contributed by atoms with Crippen LogP contribution < -0.4 is 11.2 Å². The van der Waals surface area contributed by atoms with Gasteiger partial charge in [0.25, 0.3) is 6.13 Å². The molecule has 3 N–H and O–H groups in total. The molecule has 1 heterocycles. The summed E-state index contributed by atoms with van der Waals surface area (Å²) in [6.07, 6.45) is -0.983. The Hall–Kier alpha value is -0.575. The van der Waals surface area contributed by atoms with Crippen LogP contribution in [0.4, 0.5) is 0 Å². The van der Waals surface area contributed by atoms with E-state index in [1.165, 1.54) is 0 Å². The standard InChI is InChI=1S/C12H9B5ClNO2/c13-9(14)5-10(15)11(19,8(20)12(9,16)21)6-3-1-2-4-7(6)17(10)18/h1-4,21H,5,19H2. The largest absolute Gasteiger partial charge is 0.393 e. The maximum absolute atomic E-state index is 12.8. The first-order valence-corrected chi connectivity index (χ1v) is 6.89. The smallest absolute Gasteiger partial charge is 0.283 e. The average Bonchev–Trinajstić information content (AvgIpc) is 2.57. The lowest BCUT2D eigenvalue weighted by atomic mass is 9.23. The highest BCUT2D eigenvalue weighted by molar-refractivity contribution is 7.19. The molecule has 3 unspecified atom stereocenters. The molecule has 96 valence electrons. The van der Waals surface area contributed by atoms with Gasteiger partial charge in [0.1, 0.15) is 7.85 Å². The maximum Gasteiger partial charge on any atom is 0.283 e. The molecule has 21 heavy (non-hydrogen) atoms. The molecule has 1 aliphatic carbocycles. The number of Topliss-reactive ketones (excluding diaryl/α,β-unsaturated/α-hetero) is 1. The summed E-state index contributed by atoms with van der Waals surface area (Å²) >= 11 is 6.44. The van der Waals surface area contributed by atoms with Crippen molar-refractivity contribution in [3.05, 3.63) is 29.8 Å². The summed E-state index contributed by atoms with van der Waals surface area (Å²) in [6, 6.07) is 6.84. The van der Waals surface area contributed by atoms with Crippen molar-refractivity contribution in [2.45, 2.75) is 27.9 Å². The maximum atomic E-state index is 12.8. The second-order valence-corrected chi connectivity index (χ2v) is 6.55. The van der Waals surface area contributed by atoms with Gasteiger partial charge < -0.3 is 10.8 Å². The third-order valence-corrected chi connectivity index (χ3v) is 5.47. The summed E-state index contributed by atoms with van der Waals surface area (Å²) < 4.78 is 0. The molecule has 0 spiro atoms. The van der Waals surface area contributed by atoms with Crippen LogP contribution in [0.3, 0.4) is 0 Å². The first-order chi connectivity index (χ1) is 9.50. The lowest BCUT2D eigenvalue weighted by Crippen LogP contribution is -2.71. The highest BCUT2D eigenvalue weighted by atomic mass is 35.5. The number of fused-ring (bicyclic) bond motifs is 3. The van der Waals surface area contributed by atoms with E-state index in [9.17, 15) is 9.90 Å². The van der Waals surface area contributed by atoms with E-state index in [1.807, 2.05) is 0 Å². The van der Waals surface area contributed by atoms with Gasteiger partial charge in [-0.1, -0.05) is 41.4 Å². The number of aliphatic hydroxyl groups is 1. The molecule has 3 nitrogen and oxygen atoms in total. The van der Waals surface area contributed by atoms with Crippen molar-refractivity contribution in [3.8, 4) is 0 Å². The summed E-state index contributed by atoms with van der Waals surface area (Å²) in [5, 5.41) is 6.94. The number of benzene rings is 1. The topological polar surface area (TPSA) is 63.3 Å². The Morgan fingerprint density at radius 2 is 1.81 bits per heavy atom. The van der Waals surface area contributed by atoms with Crippen LogP contribution in [0, 0.1) is 0 Å². The highest BCUT2D eigenvalue weighted by Gasteiger charge is 2.71. The van der Waals surface area contributed by atoms with Gasteiger partial charge in [0, 0.05) is 0 Å².